The number of amides is 3. The molecule has 1 fully saturated rings. The Hall–Kier alpha value is -1.46. The molecule has 0 aromatic heterocycles. The molecule has 1 saturated heterocycles. The summed E-state index contributed by atoms with van der Waals surface area (Å²) < 4.78 is 4.80. The van der Waals surface area contributed by atoms with Crippen molar-refractivity contribution in [1.29, 1.82) is 0 Å². The van der Waals surface area contributed by atoms with Gasteiger partial charge in [-0.3, -0.25) is 4.90 Å². The number of unbranched alkanes of at least 4 members (excludes halogenated alkanes) is 1. The average molecular weight is 215 g/mol. The van der Waals surface area contributed by atoms with Gasteiger partial charge in [0.05, 0.1) is 6.54 Å². The fraction of sp³-hybridized carbons (Fsp3) is 0.778. The highest BCUT2D eigenvalue weighted by atomic mass is 16.6. The van der Waals surface area contributed by atoms with Gasteiger partial charge in [0, 0.05) is 0 Å². The molecular weight excluding hydrogens is 198 g/mol. The van der Waals surface area contributed by atoms with Crippen LogP contribution in [0.1, 0.15) is 26.2 Å². The number of hydrogen-bond acceptors (Lipinski definition) is 3. The maximum Gasteiger partial charge on any atom is 0.411 e. The Labute approximate surface area is 88.7 Å². The molecule has 3 N–H and O–H groups in total. The van der Waals surface area contributed by atoms with Crippen LogP contribution in [0.4, 0.5) is 9.59 Å². The molecule has 0 saturated carbocycles. The number of ether oxygens (including phenoxy) is 1. The summed E-state index contributed by atoms with van der Waals surface area (Å²) in [5.74, 6) is 0. The lowest BCUT2D eigenvalue weighted by atomic mass is 10.2. The fourth-order valence-corrected chi connectivity index (χ4v) is 1.56. The number of rotatable bonds is 5. The zero-order chi connectivity index (χ0) is 11.3. The van der Waals surface area contributed by atoms with Crippen molar-refractivity contribution in [3.8, 4) is 0 Å². The number of primary amides is 1. The molecule has 6 nitrogen and oxygen atoms in total. The maximum absolute atomic E-state index is 11.3. The zero-order valence-electron chi connectivity index (χ0n) is 8.86. The van der Waals surface area contributed by atoms with Crippen molar-refractivity contribution in [2.24, 2.45) is 5.73 Å². The molecule has 1 unspecified atom stereocenters. The highest BCUT2D eigenvalue weighted by Gasteiger charge is 2.29. The van der Waals surface area contributed by atoms with Crippen molar-refractivity contribution in [3.05, 3.63) is 0 Å². The van der Waals surface area contributed by atoms with E-state index >= 15 is 0 Å². The van der Waals surface area contributed by atoms with E-state index in [0.717, 1.165) is 12.8 Å². The third-order valence-electron chi connectivity index (χ3n) is 2.31. The van der Waals surface area contributed by atoms with Crippen LogP contribution in [-0.4, -0.2) is 36.3 Å². The second-order valence-corrected chi connectivity index (χ2v) is 3.47. The number of nitrogens with one attached hydrogen (secondary N) is 1. The van der Waals surface area contributed by atoms with Gasteiger partial charge >= 0.3 is 12.1 Å². The van der Waals surface area contributed by atoms with Gasteiger partial charge < -0.3 is 15.8 Å². The van der Waals surface area contributed by atoms with Crippen LogP contribution < -0.4 is 11.1 Å². The minimum absolute atomic E-state index is 0.336. The van der Waals surface area contributed by atoms with Gasteiger partial charge in [0.15, 0.2) is 0 Å². The molecule has 1 aliphatic rings. The summed E-state index contributed by atoms with van der Waals surface area (Å²) in [7, 11) is 0. The molecule has 0 spiro atoms. The lowest BCUT2D eigenvalue weighted by Crippen LogP contribution is -2.50. The van der Waals surface area contributed by atoms with E-state index < -0.39 is 6.03 Å². The van der Waals surface area contributed by atoms with Crippen molar-refractivity contribution in [2.75, 3.05) is 13.2 Å². The number of nitrogens with two attached hydrogens (primary N) is 1. The number of cyclic esters (lactones) is 1. The first-order chi connectivity index (χ1) is 7.15. The number of hydrogen-bond donors (Lipinski definition) is 2. The van der Waals surface area contributed by atoms with Gasteiger partial charge in [-0.15, -0.1) is 0 Å². The Kier molecular flexibility index (Phi) is 4.20. The topological polar surface area (TPSA) is 84.7 Å². The van der Waals surface area contributed by atoms with E-state index in [-0.39, 0.29) is 12.3 Å². The first kappa shape index (κ1) is 11.6. The Morgan fingerprint density at radius 2 is 2.47 bits per heavy atom. The van der Waals surface area contributed by atoms with Gasteiger partial charge in [0.2, 0.25) is 0 Å². The molecule has 1 aliphatic heterocycles. The third kappa shape index (κ3) is 3.30. The van der Waals surface area contributed by atoms with Crippen LogP contribution in [0.2, 0.25) is 0 Å². The monoisotopic (exact) mass is 215 g/mol. The van der Waals surface area contributed by atoms with Crippen molar-refractivity contribution < 1.29 is 14.3 Å². The molecule has 0 radical (unpaired) electrons. The summed E-state index contributed by atoms with van der Waals surface area (Å²) in [6.07, 6.45) is 1.91. The first-order valence-electron chi connectivity index (χ1n) is 5.14. The van der Waals surface area contributed by atoms with Crippen LogP contribution >= 0.6 is 0 Å². The third-order valence-corrected chi connectivity index (χ3v) is 2.31. The van der Waals surface area contributed by atoms with E-state index in [9.17, 15) is 9.59 Å². The lowest BCUT2D eigenvalue weighted by molar-refractivity contribution is 0.139. The molecule has 1 atom stereocenters. The molecule has 86 valence electrons. The van der Waals surface area contributed by atoms with E-state index in [0.29, 0.717) is 19.6 Å². The Balaban J connectivity index is 2.53. The number of urea groups is 1. The summed E-state index contributed by atoms with van der Waals surface area (Å²) >= 11 is 0. The van der Waals surface area contributed by atoms with Crippen molar-refractivity contribution in [3.63, 3.8) is 0 Å². The molecular formula is C9H17N3O3. The van der Waals surface area contributed by atoms with Gasteiger partial charge in [-0.1, -0.05) is 13.3 Å². The summed E-state index contributed by atoms with van der Waals surface area (Å²) in [6, 6.07) is -0.615. The van der Waals surface area contributed by atoms with E-state index in [2.05, 4.69) is 5.32 Å². The minimum Gasteiger partial charge on any atom is -0.447 e. The van der Waals surface area contributed by atoms with Gasteiger partial charge in [0.25, 0.3) is 0 Å². The summed E-state index contributed by atoms with van der Waals surface area (Å²) in [5, 5.41) is 2.55. The molecule has 0 bridgehead atoms. The number of carbonyl (C=O) groups excluding carboxylic acids is 2. The fourth-order valence-electron chi connectivity index (χ4n) is 1.56. The number of nitrogens with zero attached hydrogens (tertiary/aromatic N) is 1. The van der Waals surface area contributed by atoms with Crippen LogP contribution in [-0.2, 0) is 4.74 Å². The van der Waals surface area contributed by atoms with Crippen molar-refractivity contribution in [2.45, 2.75) is 32.4 Å². The van der Waals surface area contributed by atoms with Crippen LogP contribution in [0.3, 0.4) is 0 Å². The largest absolute Gasteiger partial charge is 0.447 e. The van der Waals surface area contributed by atoms with Gasteiger partial charge in [-0.2, -0.15) is 0 Å². The van der Waals surface area contributed by atoms with Crippen LogP contribution in [0.15, 0.2) is 0 Å². The zero-order valence-corrected chi connectivity index (χ0v) is 8.86. The molecule has 0 aliphatic carbocycles. The molecule has 1 heterocycles. The van der Waals surface area contributed by atoms with Crippen LogP contribution in [0.25, 0.3) is 0 Å². The summed E-state index contributed by atoms with van der Waals surface area (Å²) in [4.78, 5) is 23.5. The molecule has 6 heteroatoms. The van der Waals surface area contributed by atoms with E-state index in [1.54, 1.807) is 0 Å². The minimum atomic E-state index is -0.615. The number of carbonyl (C=O) groups is 2. The quantitative estimate of drug-likeness (QED) is 0.705. The average Bonchev–Trinajstić information content (AvgIpc) is 2.58. The van der Waals surface area contributed by atoms with Crippen molar-refractivity contribution in [1.82, 2.24) is 10.2 Å². The summed E-state index contributed by atoms with van der Waals surface area (Å²) in [5.41, 5.74) is 5.05. The molecule has 0 aromatic carbocycles. The molecule has 3 amide bonds. The van der Waals surface area contributed by atoms with E-state index in [1.807, 2.05) is 6.92 Å². The second kappa shape index (κ2) is 5.43. The predicted molar refractivity (Wildman–Crippen MR) is 54.1 cm³/mol. The van der Waals surface area contributed by atoms with E-state index in [1.165, 1.54) is 4.90 Å². The van der Waals surface area contributed by atoms with Gasteiger partial charge in [-0.05, 0) is 12.8 Å². The highest BCUT2D eigenvalue weighted by Crippen LogP contribution is 2.12. The lowest BCUT2D eigenvalue weighted by Gasteiger charge is -2.25. The standard InChI is InChI=1S/C9H17N3O3/c1-2-3-4-7(11-8(10)13)12-5-6-15-9(12)14/h7H,2-6H2,1H3,(H3,10,11,13). The Bertz CT molecular complexity index is 245. The highest BCUT2D eigenvalue weighted by molar-refractivity contribution is 5.74. The maximum atomic E-state index is 11.3. The van der Waals surface area contributed by atoms with Crippen LogP contribution in [0, 0.1) is 0 Å². The summed E-state index contributed by atoms with van der Waals surface area (Å²) in [6.45, 7) is 2.93. The first-order valence-corrected chi connectivity index (χ1v) is 5.14. The smallest absolute Gasteiger partial charge is 0.411 e. The normalized spacial score (nSPS) is 17.4. The Morgan fingerprint density at radius 3 is 2.93 bits per heavy atom. The SMILES string of the molecule is CCCCC(NC(N)=O)N1CCOC1=O. The second-order valence-electron chi connectivity index (χ2n) is 3.47. The van der Waals surface area contributed by atoms with Crippen LogP contribution in [0.5, 0.6) is 0 Å². The van der Waals surface area contributed by atoms with Gasteiger partial charge in [-0.25, -0.2) is 9.59 Å². The van der Waals surface area contributed by atoms with E-state index in [4.69, 9.17) is 10.5 Å². The van der Waals surface area contributed by atoms with Gasteiger partial charge in [0.1, 0.15) is 12.8 Å². The van der Waals surface area contributed by atoms with Crippen molar-refractivity contribution >= 4 is 12.1 Å². The molecule has 1 rings (SSSR count). The predicted octanol–water partition coefficient (Wildman–Crippen LogP) is 0.623. The Morgan fingerprint density at radius 1 is 1.73 bits per heavy atom. The molecule has 15 heavy (non-hydrogen) atoms. The molecule has 0 aromatic rings.